The summed E-state index contributed by atoms with van der Waals surface area (Å²) in [5.74, 6) is 1.51. The van der Waals surface area contributed by atoms with Crippen LogP contribution in [-0.4, -0.2) is 48.7 Å². The minimum absolute atomic E-state index is 0.0187. The van der Waals surface area contributed by atoms with Crippen LogP contribution in [0.5, 0.6) is 11.5 Å². The number of rotatable bonds is 10. The van der Waals surface area contributed by atoms with Crippen molar-refractivity contribution in [3.63, 3.8) is 0 Å². The lowest BCUT2D eigenvalue weighted by Gasteiger charge is -2.23. The minimum atomic E-state index is -0.252. The molecule has 188 valence electrons. The molecule has 2 aromatic rings. The lowest BCUT2D eigenvalue weighted by Crippen LogP contribution is -2.35. The first-order chi connectivity index (χ1) is 16.8. The van der Waals surface area contributed by atoms with Crippen LogP contribution in [0.15, 0.2) is 24.4 Å². The summed E-state index contributed by atoms with van der Waals surface area (Å²) >= 11 is 0. The predicted molar refractivity (Wildman–Crippen MR) is 135 cm³/mol. The quantitative estimate of drug-likeness (QED) is 0.471. The van der Waals surface area contributed by atoms with Gasteiger partial charge in [0.2, 0.25) is 5.82 Å². The molecule has 9 heteroatoms. The molecule has 1 aliphatic rings. The fraction of sp³-hybridized carbons (Fsp3) is 0.538. The second-order valence-corrected chi connectivity index (χ2v) is 9.93. The van der Waals surface area contributed by atoms with Crippen LogP contribution in [0.1, 0.15) is 68.2 Å². The summed E-state index contributed by atoms with van der Waals surface area (Å²) in [6, 6.07) is 7.58. The molecule has 0 spiro atoms. The Kier molecular flexibility index (Phi) is 9.26. The van der Waals surface area contributed by atoms with Crippen LogP contribution >= 0.6 is 0 Å². The summed E-state index contributed by atoms with van der Waals surface area (Å²) < 4.78 is 11.4. The predicted octanol–water partition coefficient (Wildman–Crippen LogP) is 3.66. The molecule has 1 fully saturated rings. The first-order valence-corrected chi connectivity index (χ1v) is 12.1. The average molecular weight is 481 g/mol. The highest BCUT2D eigenvalue weighted by atomic mass is 16.5. The highest BCUT2D eigenvalue weighted by molar-refractivity contribution is 5.94. The first kappa shape index (κ1) is 26.2. The molecular formula is C26H36N6O3. The lowest BCUT2D eigenvalue weighted by atomic mass is 9.97. The standard InChI is InChI=1S/C26H36N6O3/c1-26(2,3)17-31-24-19(15-29-23(14-27)32-24)16-30-25(33)18-8-9-21(34-4)22(13-18)35-12-10-20-7-5-6-11-28-20/h8-9,13,15,20,28H,5-7,10-12,16-17H2,1-4H3,(H,30,33)(H,29,31,32). The van der Waals surface area contributed by atoms with Crippen molar-refractivity contribution in [2.24, 2.45) is 5.41 Å². The fourth-order valence-corrected chi connectivity index (χ4v) is 3.78. The number of nitrogens with zero attached hydrogens (tertiary/aromatic N) is 3. The number of hydrogen-bond donors (Lipinski definition) is 3. The highest BCUT2D eigenvalue weighted by Crippen LogP contribution is 2.28. The van der Waals surface area contributed by atoms with E-state index < -0.39 is 0 Å². The van der Waals surface area contributed by atoms with Crippen molar-refractivity contribution in [2.75, 3.05) is 32.1 Å². The number of piperidine rings is 1. The maximum atomic E-state index is 12.9. The van der Waals surface area contributed by atoms with Crippen LogP contribution < -0.4 is 25.4 Å². The molecule has 3 rings (SSSR count). The van der Waals surface area contributed by atoms with Crippen LogP contribution in [0.25, 0.3) is 0 Å². The van der Waals surface area contributed by atoms with E-state index in [0.717, 1.165) is 19.4 Å². The average Bonchev–Trinajstić information content (AvgIpc) is 2.86. The zero-order chi connectivity index (χ0) is 25.3. The van der Waals surface area contributed by atoms with Crippen LogP contribution in [0.2, 0.25) is 0 Å². The number of benzene rings is 1. The Balaban J connectivity index is 1.64. The minimum Gasteiger partial charge on any atom is -0.493 e. The van der Waals surface area contributed by atoms with Gasteiger partial charge in [0.25, 0.3) is 5.91 Å². The van der Waals surface area contributed by atoms with E-state index >= 15 is 0 Å². The number of nitriles is 1. The van der Waals surface area contributed by atoms with Crippen molar-refractivity contribution in [3.05, 3.63) is 41.3 Å². The zero-order valence-corrected chi connectivity index (χ0v) is 21.1. The van der Waals surface area contributed by atoms with E-state index in [9.17, 15) is 4.79 Å². The fourth-order valence-electron chi connectivity index (χ4n) is 3.78. The third kappa shape index (κ3) is 8.11. The van der Waals surface area contributed by atoms with Crippen LogP contribution in [0.3, 0.4) is 0 Å². The number of carbonyl (C=O) groups excluding carboxylic acids is 1. The number of ether oxygens (including phenoxy) is 2. The molecule has 0 saturated carbocycles. The number of anilines is 1. The summed E-state index contributed by atoms with van der Waals surface area (Å²) in [6.07, 6.45) is 6.11. The number of nitrogens with one attached hydrogen (secondary N) is 3. The van der Waals surface area contributed by atoms with Crippen LogP contribution in [-0.2, 0) is 6.54 Å². The smallest absolute Gasteiger partial charge is 0.251 e. The number of hydrogen-bond acceptors (Lipinski definition) is 8. The Hall–Kier alpha value is -3.38. The van der Waals surface area contributed by atoms with Crippen molar-refractivity contribution in [1.29, 1.82) is 5.26 Å². The third-order valence-electron chi connectivity index (χ3n) is 5.75. The first-order valence-electron chi connectivity index (χ1n) is 12.1. The summed E-state index contributed by atoms with van der Waals surface area (Å²) in [4.78, 5) is 21.2. The van der Waals surface area contributed by atoms with E-state index in [-0.39, 0.29) is 23.7 Å². The van der Waals surface area contributed by atoms with Gasteiger partial charge in [-0.1, -0.05) is 27.2 Å². The molecule has 2 heterocycles. The zero-order valence-electron chi connectivity index (χ0n) is 21.1. The lowest BCUT2D eigenvalue weighted by molar-refractivity contribution is 0.0950. The number of aromatic nitrogens is 2. The maximum absolute atomic E-state index is 12.9. The van der Waals surface area contributed by atoms with Gasteiger partial charge in [-0.3, -0.25) is 4.79 Å². The van der Waals surface area contributed by atoms with E-state index in [0.29, 0.717) is 47.6 Å². The summed E-state index contributed by atoms with van der Waals surface area (Å²) in [6.45, 7) is 8.78. The molecule has 0 aliphatic carbocycles. The van der Waals surface area contributed by atoms with Gasteiger partial charge in [0.1, 0.15) is 11.9 Å². The molecule has 3 N–H and O–H groups in total. The van der Waals surface area contributed by atoms with Crippen molar-refractivity contribution < 1.29 is 14.3 Å². The van der Waals surface area contributed by atoms with Gasteiger partial charge in [-0.2, -0.15) is 5.26 Å². The van der Waals surface area contributed by atoms with Crippen molar-refractivity contribution >= 4 is 11.7 Å². The molecular weight excluding hydrogens is 444 g/mol. The molecule has 1 aromatic heterocycles. The molecule has 1 atom stereocenters. The molecule has 1 amide bonds. The molecule has 1 saturated heterocycles. The summed E-state index contributed by atoms with van der Waals surface area (Å²) in [5, 5.41) is 18.9. The van der Waals surface area contributed by atoms with Crippen molar-refractivity contribution in [3.8, 4) is 17.6 Å². The van der Waals surface area contributed by atoms with Gasteiger partial charge >= 0.3 is 0 Å². The normalized spacial score (nSPS) is 15.7. The van der Waals surface area contributed by atoms with Gasteiger partial charge in [0, 0.05) is 36.5 Å². The van der Waals surface area contributed by atoms with E-state index in [1.807, 2.05) is 6.07 Å². The molecule has 0 radical (unpaired) electrons. The summed E-state index contributed by atoms with van der Waals surface area (Å²) in [5.41, 5.74) is 1.19. The molecule has 1 aromatic carbocycles. The Morgan fingerprint density at radius 2 is 2.11 bits per heavy atom. The van der Waals surface area contributed by atoms with Gasteiger partial charge in [-0.15, -0.1) is 0 Å². The number of carbonyl (C=O) groups is 1. The monoisotopic (exact) mass is 480 g/mol. The SMILES string of the molecule is COc1ccc(C(=O)NCc2cnc(C#N)nc2NCC(C)(C)C)cc1OCCC1CCCCN1. The number of methoxy groups -OCH3 is 1. The van der Waals surface area contributed by atoms with E-state index in [1.165, 1.54) is 12.8 Å². The van der Waals surface area contributed by atoms with E-state index in [1.54, 1.807) is 31.5 Å². The van der Waals surface area contributed by atoms with Crippen LogP contribution in [0, 0.1) is 16.7 Å². The Morgan fingerprint density at radius 1 is 1.29 bits per heavy atom. The third-order valence-corrected chi connectivity index (χ3v) is 5.75. The van der Waals surface area contributed by atoms with Gasteiger partial charge < -0.3 is 25.4 Å². The molecule has 35 heavy (non-hydrogen) atoms. The van der Waals surface area contributed by atoms with Gasteiger partial charge in [-0.25, -0.2) is 9.97 Å². The van der Waals surface area contributed by atoms with Crippen LogP contribution in [0.4, 0.5) is 5.82 Å². The Bertz CT molecular complexity index is 1040. The van der Waals surface area contributed by atoms with Gasteiger partial charge in [0.15, 0.2) is 11.5 Å². The van der Waals surface area contributed by atoms with Crippen molar-refractivity contribution in [2.45, 2.75) is 59.0 Å². The Morgan fingerprint density at radius 3 is 2.80 bits per heavy atom. The van der Waals surface area contributed by atoms with E-state index in [2.05, 4.69) is 46.7 Å². The molecule has 1 unspecified atom stereocenters. The molecule has 0 bridgehead atoms. The topological polar surface area (TPSA) is 121 Å². The second kappa shape index (κ2) is 12.4. The number of amides is 1. The molecule has 9 nitrogen and oxygen atoms in total. The summed E-state index contributed by atoms with van der Waals surface area (Å²) in [7, 11) is 1.58. The van der Waals surface area contributed by atoms with Gasteiger partial charge in [0.05, 0.1) is 13.7 Å². The largest absolute Gasteiger partial charge is 0.493 e. The van der Waals surface area contributed by atoms with E-state index in [4.69, 9.17) is 14.7 Å². The second-order valence-electron chi connectivity index (χ2n) is 9.93. The highest BCUT2D eigenvalue weighted by Gasteiger charge is 2.17. The van der Waals surface area contributed by atoms with Crippen molar-refractivity contribution in [1.82, 2.24) is 20.6 Å². The maximum Gasteiger partial charge on any atom is 0.251 e. The van der Waals surface area contributed by atoms with Gasteiger partial charge in [-0.05, 0) is 49.4 Å². The Labute approximate surface area is 207 Å². The molecule has 1 aliphatic heterocycles.